The van der Waals surface area contributed by atoms with Crippen molar-refractivity contribution in [2.45, 2.75) is 0 Å². The predicted octanol–water partition coefficient (Wildman–Crippen LogP) is -1.17. The summed E-state index contributed by atoms with van der Waals surface area (Å²) in [6.07, 6.45) is 3.51. The molecule has 5 heteroatoms. The molecule has 0 aliphatic carbocycles. The van der Waals surface area contributed by atoms with E-state index in [-0.39, 0.29) is 0 Å². The molecule has 0 aromatic heterocycles. The molecule has 0 aromatic carbocycles. The molecule has 1 rings (SSSR count). The Bertz CT molecular complexity index is 148. The molecule has 1 heterocycles. The molecule has 74 valence electrons. The molecule has 0 saturated carbocycles. The Hall–Kier alpha value is -0.780. The first-order valence-corrected chi connectivity index (χ1v) is 4.60. The third-order valence-electron chi connectivity index (χ3n) is 1.61. The molecule has 0 radical (unpaired) electrons. The largest absolute Gasteiger partial charge is 0.303 e. The van der Waals surface area contributed by atoms with Crippen molar-refractivity contribution in [3.8, 4) is 0 Å². The first-order chi connectivity index (χ1) is 6.50. The van der Waals surface area contributed by atoms with Gasteiger partial charge in [-0.25, -0.2) is 0 Å². The van der Waals surface area contributed by atoms with E-state index < -0.39 is 0 Å². The highest BCUT2D eigenvalue weighted by Crippen LogP contribution is 1.69. The molecule has 1 aliphatic heterocycles. The average Bonchev–Trinajstić information content (AvgIpc) is 2.18. The van der Waals surface area contributed by atoms with E-state index in [4.69, 9.17) is 0 Å². The topological polar surface area (TPSA) is 60.8 Å². The van der Waals surface area contributed by atoms with Gasteiger partial charge in [0.2, 0.25) is 0 Å². The Kier molecular flexibility index (Phi) is 6.22. The molecule has 3 N–H and O–H groups in total. The lowest BCUT2D eigenvalue weighted by Gasteiger charge is -2.05. The van der Waals surface area contributed by atoms with E-state index in [2.05, 4.69) is 25.9 Å². The molecule has 13 heavy (non-hydrogen) atoms. The number of aliphatic imine (C=N–C) groups is 2. The number of nitrogens with one attached hydrogen (secondary N) is 3. The number of rotatable bonds is 0. The van der Waals surface area contributed by atoms with Crippen LogP contribution in [0.5, 0.6) is 0 Å². The summed E-state index contributed by atoms with van der Waals surface area (Å²) in [6, 6.07) is 0. The van der Waals surface area contributed by atoms with Crippen LogP contribution < -0.4 is 16.0 Å². The monoisotopic (exact) mass is 183 g/mol. The second-order valence-electron chi connectivity index (χ2n) is 2.71. The Morgan fingerprint density at radius 2 is 1.31 bits per heavy atom. The highest BCUT2D eigenvalue weighted by molar-refractivity contribution is 6.15. The summed E-state index contributed by atoms with van der Waals surface area (Å²) >= 11 is 0. The van der Waals surface area contributed by atoms with Crippen molar-refractivity contribution >= 4 is 12.4 Å². The minimum atomic E-state index is 0.807. The minimum Gasteiger partial charge on any atom is -0.303 e. The zero-order valence-corrected chi connectivity index (χ0v) is 7.79. The lowest BCUT2D eigenvalue weighted by Crippen LogP contribution is -2.37. The second-order valence-corrected chi connectivity index (χ2v) is 2.71. The third kappa shape index (κ3) is 6.39. The molecule has 0 unspecified atom stereocenters. The van der Waals surface area contributed by atoms with Crippen molar-refractivity contribution in [1.29, 1.82) is 0 Å². The maximum absolute atomic E-state index is 4.15. The fourth-order valence-electron chi connectivity index (χ4n) is 0.947. The zero-order valence-electron chi connectivity index (χ0n) is 7.79. The molecule has 0 atom stereocenters. The predicted molar refractivity (Wildman–Crippen MR) is 55.6 cm³/mol. The summed E-state index contributed by atoms with van der Waals surface area (Å²) < 4.78 is 0. The highest BCUT2D eigenvalue weighted by Gasteiger charge is 1.87. The standard InChI is InChI=1S/C8H17N5/c1-2-10-4-6-12-8-13-7-11-5-3-9-1/h1-2,11-13H,3-8H2. The zero-order chi connectivity index (χ0) is 9.19. The van der Waals surface area contributed by atoms with E-state index >= 15 is 0 Å². The quantitative estimate of drug-likeness (QED) is 0.443. The normalized spacial score (nSPS) is 21.5. The number of hydrogen-bond acceptors (Lipinski definition) is 5. The summed E-state index contributed by atoms with van der Waals surface area (Å²) in [5.41, 5.74) is 0. The van der Waals surface area contributed by atoms with Crippen LogP contribution in [0, 0.1) is 0 Å². The maximum Gasteiger partial charge on any atom is 0.0515 e. The lowest BCUT2D eigenvalue weighted by molar-refractivity contribution is 0.541. The second kappa shape index (κ2) is 7.85. The van der Waals surface area contributed by atoms with E-state index in [1.165, 1.54) is 0 Å². The molecule has 5 nitrogen and oxygen atoms in total. The van der Waals surface area contributed by atoms with Crippen LogP contribution in [0.3, 0.4) is 0 Å². The highest BCUT2D eigenvalue weighted by atomic mass is 15.1. The van der Waals surface area contributed by atoms with Gasteiger partial charge in [-0.05, 0) is 0 Å². The van der Waals surface area contributed by atoms with Crippen LogP contribution in [0.25, 0.3) is 0 Å². The summed E-state index contributed by atoms with van der Waals surface area (Å²) in [6.45, 7) is 5.06. The van der Waals surface area contributed by atoms with Crippen LogP contribution in [0.15, 0.2) is 9.98 Å². The SMILES string of the molecule is C1=NCCNCNCNCCN=C1. The van der Waals surface area contributed by atoms with Gasteiger partial charge in [-0.15, -0.1) is 0 Å². The van der Waals surface area contributed by atoms with Crippen molar-refractivity contribution in [3.05, 3.63) is 0 Å². The van der Waals surface area contributed by atoms with E-state index in [1.54, 1.807) is 12.4 Å². The smallest absolute Gasteiger partial charge is 0.0515 e. The average molecular weight is 183 g/mol. The first kappa shape index (κ1) is 10.3. The number of nitrogens with zero attached hydrogens (tertiary/aromatic N) is 2. The van der Waals surface area contributed by atoms with Crippen molar-refractivity contribution in [2.75, 3.05) is 39.5 Å². The van der Waals surface area contributed by atoms with Gasteiger partial charge in [0.1, 0.15) is 0 Å². The Morgan fingerprint density at radius 3 is 1.85 bits per heavy atom. The van der Waals surface area contributed by atoms with E-state index in [9.17, 15) is 0 Å². The van der Waals surface area contributed by atoms with Gasteiger partial charge in [-0.2, -0.15) is 0 Å². The summed E-state index contributed by atoms with van der Waals surface area (Å²) in [5.74, 6) is 0. The van der Waals surface area contributed by atoms with Gasteiger partial charge in [0, 0.05) is 38.9 Å². The summed E-state index contributed by atoms with van der Waals surface area (Å²) in [5, 5.41) is 9.63. The minimum absolute atomic E-state index is 0.807. The third-order valence-corrected chi connectivity index (χ3v) is 1.61. The summed E-state index contributed by atoms with van der Waals surface area (Å²) in [7, 11) is 0. The molecular formula is C8H17N5. The lowest BCUT2D eigenvalue weighted by atomic mass is 10.6. The summed E-state index contributed by atoms with van der Waals surface area (Å²) in [4.78, 5) is 8.30. The molecule has 0 spiro atoms. The van der Waals surface area contributed by atoms with E-state index in [0.29, 0.717) is 0 Å². The Labute approximate surface area is 78.7 Å². The van der Waals surface area contributed by atoms with Crippen molar-refractivity contribution in [2.24, 2.45) is 9.98 Å². The van der Waals surface area contributed by atoms with Gasteiger partial charge < -0.3 is 10.6 Å². The van der Waals surface area contributed by atoms with Crippen LogP contribution in [0.4, 0.5) is 0 Å². The Balaban J connectivity index is 2.18. The van der Waals surface area contributed by atoms with E-state index in [1.807, 2.05) is 0 Å². The van der Waals surface area contributed by atoms with Crippen molar-refractivity contribution in [3.63, 3.8) is 0 Å². The molecule has 0 fully saturated rings. The van der Waals surface area contributed by atoms with E-state index in [0.717, 1.165) is 39.5 Å². The van der Waals surface area contributed by atoms with Gasteiger partial charge in [-0.1, -0.05) is 0 Å². The number of hydrogen-bond donors (Lipinski definition) is 3. The molecule has 0 bridgehead atoms. The fraction of sp³-hybridized carbons (Fsp3) is 0.750. The Morgan fingerprint density at radius 1 is 0.769 bits per heavy atom. The van der Waals surface area contributed by atoms with Gasteiger partial charge in [0.15, 0.2) is 0 Å². The first-order valence-electron chi connectivity index (χ1n) is 4.60. The molecule has 1 aliphatic rings. The molecule has 0 aromatic rings. The van der Waals surface area contributed by atoms with Gasteiger partial charge in [0.25, 0.3) is 0 Å². The van der Waals surface area contributed by atoms with Crippen LogP contribution in [0.2, 0.25) is 0 Å². The van der Waals surface area contributed by atoms with Gasteiger partial charge >= 0.3 is 0 Å². The molecule has 0 saturated heterocycles. The van der Waals surface area contributed by atoms with Crippen LogP contribution in [0.1, 0.15) is 0 Å². The van der Waals surface area contributed by atoms with Gasteiger partial charge in [0.05, 0.1) is 13.1 Å². The van der Waals surface area contributed by atoms with Gasteiger partial charge in [-0.3, -0.25) is 15.3 Å². The molecular weight excluding hydrogens is 166 g/mol. The van der Waals surface area contributed by atoms with Crippen molar-refractivity contribution < 1.29 is 0 Å². The molecule has 0 amide bonds. The van der Waals surface area contributed by atoms with Crippen LogP contribution in [-0.4, -0.2) is 51.9 Å². The van der Waals surface area contributed by atoms with Crippen LogP contribution in [-0.2, 0) is 0 Å². The van der Waals surface area contributed by atoms with Crippen LogP contribution >= 0.6 is 0 Å². The van der Waals surface area contributed by atoms with Crippen molar-refractivity contribution in [1.82, 2.24) is 16.0 Å². The maximum atomic E-state index is 4.15. The fourth-order valence-corrected chi connectivity index (χ4v) is 0.947.